The second kappa shape index (κ2) is 6.82. The largest absolute Gasteiger partial charge is 0.416 e. The monoisotopic (exact) mass is 389 g/mol. The van der Waals surface area contributed by atoms with E-state index in [-0.39, 0.29) is 17.6 Å². The smallest absolute Gasteiger partial charge is 0.356 e. The van der Waals surface area contributed by atoms with Crippen LogP contribution in [0.3, 0.4) is 0 Å². The topological polar surface area (TPSA) is 46.1 Å². The molecule has 2 heterocycles. The van der Waals surface area contributed by atoms with Gasteiger partial charge in [0.25, 0.3) is 0 Å². The summed E-state index contributed by atoms with van der Waals surface area (Å²) in [7, 11) is 0. The number of benzene rings is 1. The number of halogens is 6. The lowest BCUT2D eigenvalue weighted by atomic mass is 10.0. The first-order valence-corrected chi connectivity index (χ1v) is 7.97. The molecule has 1 aliphatic rings. The van der Waals surface area contributed by atoms with E-state index >= 15 is 0 Å². The summed E-state index contributed by atoms with van der Waals surface area (Å²) in [5.41, 5.74) is -3.50. The van der Waals surface area contributed by atoms with Crippen LogP contribution in [0.25, 0.3) is 11.4 Å². The maximum Gasteiger partial charge on any atom is 0.416 e. The van der Waals surface area contributed by atoms with Gasteiger partial charge in [-0.1, -0.05) is 0 Å². The van der Waals surface area contributed by atoms with E-state index < -0.39 is 29.0 Å². The highest BCUT2D eigenvalue weighted by atomic mass is 19.4. The summed E-state index contributed by atoms with van der Waals surface area (Å²) >= 11 is 0. The molecule has 0 N–H and O–H groups in total. The summed E-state index contributed by atoms with van der Waals surface area (Å²) < 4.78 is 78.3. The van der Waals surface area contributed by atoms with Crippen molar-refractivity contribution in [3.8, 4) is 11.4 Å². The van der Waals surface area contributed by atoms with Crippen molar-refractivity contribution < 1.29 is 31.1 Å². The quantitative estimate of drug-likeness (QED) is 0.569. The van der Waals surface area contributed by atoms with Crippen LogP contribution in [0.1, 0.15) is 34.5 Å². The van der Waals surface area contributed by atoms with E-state index in [1.807, 2.05) is 0 Å². The minimum absolute atomic E-state index is 0.0362. The van der Waals surface area contributed by atoms with Crippen LogP contribution in [0, 0.1) is 0 Å². The Morgan fingerprint density at radius 1 is 0.852 bits per heavy atom. The zero-order chi connectivity index (χ0) is 19.8. The predicted octanol–water partition coefficient (Wildman–Crippen LogP) is 4.59. The molecular formula is C17H13F6N3O. The predicted molar refractivity (Wildman–Crippen MR) is 84.3 cm³/mol. The molecule has 1 aromatic carbocycles. The molecule has 3 rings (SSSR count). The van der Waals surface area contributed by atoms with E-state index in [1.54, 1.807) is 4.90 Å². The molecule has 0 saturated carbocycles. The highest BCUT2D eigenvalue weighted by Crippen LogP contribution is 2.38. The first kappa shape index (κ1) is 19.1. The zero-order valence-corrected chi connectivity index (χ0v) is 13.7. The minimum Gasteiger partial charge on any atom is -0.356 e. The Balaban J connectivity index is 2.17. The van der Waals surface area contributed by atoms with Gasteiger partial charge in [0, 0.05) is 24.7 Å². The van der Waals surface area contributed by atoms with Crippen molar-refractivity contribution in [3.05, 3.63) is 41.1 Å². The van der Waals surface area contributed by atoms with Gasteiger partial charge in [0.2, 0.25) is 0 Å². The number of nitrogens with zero attached hydrogens (tertiary/aromatic N) is 3. The third-order valence-electron chi connectivity index (χ3n) is 4.13. The summed E-state index contributed by atoms with van der Waals surface area (Å²) in [5.74, 6) is -0.0660. The number of alkyl halides is 6. The Morgan fingerprint density at radius 2 is 1.41 bits per heavy atom. The second-order valence-corrected chi connectivity index (χ2v) is 6.08. The molecule has 0 bridgehead atoms. The average molecular weight is 389 g/mol. The van der Waals surface area contributed by atoms with Crippen LogP contribution in [0.15, 0.2) is 24.3 Å². The van der Waals surface area contributed by atoms with Gasteiger partial charge in [0.05, 0.1) is 11.1 Å². The molecule has 4 nitrogen and oxygen atoms in total. The van der Waals surface area contributed by atoms with Gasteiger partial charge in [-0.05, 0) is 31.0 Å². The Hall–Kier alpha value is -2.65. The summed E-state index contributed by atoms with van der Waals surface area (Å²) in [6, 6.07) is 2.49. The van der Waals surface area contributed by atoms with Crippen LogP contribution >= 0.6 is 0 Å². The van der Waals surface area contributed by atoms with Crippen LogP contribution in [0.4, 0.5) is 32.2 Å². The molecular weight excluding hydrogens is 376 g/mol. The van der Waals surface area contributed by atoms with Gasteiger partial charge in [-0.15, -0.1) is 0 Å². The highest BCUT2D eigenvalue weighted by Gasteiger charge is 2.37. The SMILES string of the molecule is O=Cc1cc(N2CCCC2)nc(-c2cc(C(F)(F)F)cc(C(F)(F)F)c2)n1. The average Bonchev–Trinajstić information content (AvgIpc) is 3.14. The number of hydrogen-bond acceptors (Lipinski definition) is 4. The lowest BCUT2D eigenvalue weighted by molar-refractivity contribution is -0.143. The highest BCUT2D eigenvalue weighted by molar-refractivity contribution is 5.75. The van der Waals surface area contributed by atoms with Gasteiger partial charge >= 0.3 is 12.4 Å². The Bertz CT molecular complexity index is 824. The molecule has 1 saturated heterocycles. The fourth-order valence-electron chi connectivity index (χ4n) is 2.83. The lowest BCUT2D eigenvalue weighted by Gasteiger charge is -2.18. The Labute approximate surface area is 149 Å². The molecule has 2 aromatic rings. The fraction of sp³-hybridized carbons (Fsp3) is 0.353. The third kappa shape index (κ3) is 4.20. The molecule has 0 unspecified atom stereocenters. The van der Waals surface area contributed by atoms with E-state index in [0.717, 1.165) is 12.8 Å². The third-order valence-corrected chi connectivity index (χ3v) is 4.13. The van der Waals surface area contributed by atoms with Crippen molar-refractivity contribution in [1.29, 1.82) is 0 Å². The minimum atomic E-state index is -4.98. The fourth-order valence-corrected chi connectivity index (χ4v) is 2.83. The first-order valence-electron chi connectivity index (χ1n) is 7.97. The molecule has 0 aliphatic carbocycles. The van der Waals surface area contributed by atoms with Gasteiger partial charge in [-0.2, -0.15) is 26.3 Å². The summed E-state index contributed by atoms with van der Waals surface area (Å²) in [4.78, 5) is 20.8. The maximum atomic E-state index is 13.0. The molecule has 1 fully saturated rings. The Morgan fingerprint density at radius 3 is 1.89 bits per heavy atom. The van der Waals surface area contributed by atoms with Crippen molar-refractivity contribution in [2.75, 3.05) is 18.0 Å². The van der Waals surface area contributed by atoms with E-state index in [2.05, 4.69) is 9.97 Å². The molecule has 0 atom stereocenters. The van der Waals surface area contributed by atoms with Crippen LogP contribution in [-0.4, -0.2) is 29.3 Å². The first-order chi connectivity index (χ1) is 12.6. The summed E-state index contributed by atoms with van der Waals surface area (Å²) in [5, 5.41) is 0. The van der Waals surface area contributed by atoms with Crippen molar-refractivity contribution in [2.45, 2.75) is 25.2 Å². The van der Waals surface area contributed by atoms with Gasteiger partial charge in [-0.25, -0.2) is 9.97 Å². The van der Waals surface area contributed by atoms with Crippen LogP contribution < -0.4 is 4.90 Å². The number of aromatic nitrogens is 2. The number of carbonyl (C=O) groups excluding carboxylic acids is 1. The number of hydrogen-bond donors (Lipinski definition) is 0. The van der Waals surface area contributed by atoms with Crippen LogP contribution in [-0.2, 0) is 12.4 Å². The number of rotatable bonds is 3. The molecule has 0 radical (unpaired) electrons. The maximum absolute atomic E-state index is 13.0. The molecule has 10 heteroatoms. The van der Waals surface area contributed by atoms with E-state index in [4.69, 9.17) is 0 Å². The van der Waals surface area contributed by atoms with Crippen molar-refractivity contribution in [3.63, 3.8) is 0 Å². The molecule has 144 valence electrons. The second-order valence-electron chi connectivity index (χ2n) is 6.08. The molecule has 0 amide bonds. The molecule has 1 aromatic heterocycles. The zero-order valence-electron chi connectivity index (χ0n) is 13.7. The van der Waals surface area contributed by atoms with Crippen LogP contribution in [0.2, 0.25) is 0 Å². The van der Waals surface area contributed by atoms with Gasteiger partial charge in [-0.3, -0.25) is 4.79 Å². The van der Waals surface area contributed by atoms with Crippen molar-refractivity contribution in [1.82, 2.24) is 9.97 Å². The summed E-state index contributed by atoms with van der Waals surface area (Å²) in [6.07, 6.45) is -7.83. The van der Waals surface area contributed by atoms with Crippen molar-refractivity contribution in [2.24, 2.45) is 0 Å². The summed E-state index contributed by atoms with van der Waals surface area (Å²) in [6.45, 7) is 1.26. The standard InChI is InChI=1S/C17H13F6N3O/c18-16(19,20)11-5-10(6-12(7-11)17(21,22)23)15-24-13(9-27)8-14(25-15)26-3-1-2-4-26/h5-9H,1-4H2. The number of aldehydes is 1. The molecule has 27 heavy (non-hydrogen) atoms. The van der Waals surface area contributed by atoms with Crippen LogP contribution in [0.5, 0.6) is 0 Å². The van der Waals surface area contributed by atoms with Gasteiger partial charge in [0.15, 0.2) is 12.1 Å². The van der Waals surface area contributed by atoms with Gasteiger partial charge < -0.3 is 4.90 Å². The van der Waals surface area contributed by atoms with Gasteiger partial charge in [0.1, 0.15) is 11.5 Å². The van der Waals surface area contributed by atoms with E-state index in [1.165, 1.54) is 6.07 Å². The van der Waals surface area contributed by atoms with E-state index in [0.29, 0.717) is 37.3 Å². The normalized spacial score (nSPS) is 15.3. The van der Waals surface area contributed by atoms with Crippen molar-refractivity contribution >= 4 is 12.1 Å². The molecule has 0 spiro atoms. The number of carbonyl (C=O) groups is 1. The molecule has 1 aliphatic heterocycles. The number of anilines is 1. The lowest BCUT2D eigenvalue weighted by Crippen LogP contribution is -2.20. The van der Waals surface area contributed by atoms with E-state index in [9.17, 15) is 31.1 Å². The Kier molecular flexibility index (Phi) is 4.83.